The van der Waals surface area contributed by atoms with Crippen molar-refractivity contribution < 1.29 is 15.0 Å². The summed E-state index contributed by atoms with van der Waals surface area (Å²) in [6.07, 6.45) is 3.32. The monoisotopic (exact) mass is 593 g/mol. The van der Waals surface area contributed by atoms with Crippen LogP contribution in [0.15, 0.2) is 18.3 Å². The molecule has 6 N–H and O–H groups in total. The smallest absolute Gasteiger partial charge is 0.404 e. The fourth-order valence-electron chi connectivity index (χ4n) is 4.92. The summed E-state index contributed by atoms with van der Waals surface area (Å²) in [7, 11) is 0. The number of rotatable bonds is 10. The van der Waals surface area contributed by atoms with Crippen molar-refractivity contribution in [3.63, 3.8) is 0 Å². The van der Waals surface area contributed by atoms with Gasteiger partial charge in [-0.2, -0.15) is 20.0 Å². The molecule has 2 fully saturated rings. The molecule has 0 spiro atoms. The van der Waals surface area contributed by atoms with Gasteiger partial charge in [-0.05, 0) is 58.2 Å². The highest BCUT2D eigenvalue weighted by Crippen LogP contribution is 2.37. The number of benzene rings is 1. The van der Waals surface area contributed by atoms with Crippen LogP contribution in [-0.4, -0.2) is 79.2 Å². The third-order valence-corrected chi connectivity index (χ3v) is 7.63. The first-order valence-corrected chi connectivity index (χ1v) is 14.1. The second-order valence-corrected chi connectivity index (χ2v) is 11.6. The van der Waals surface area contributed by atoms with Crippen LogP contribution in [0.4, 0.5) is 27.9 Å². The van der Waals surface area contributed by atoms with Crippen molar-refractivity contribution in [1.82, 2.24) is 30.2 Å². The zero-order valence-corrected chi connectivity index (χ0v) is 24.0. The van der Waals surface area contributed by atoms with Crippen molar-refractivity contribution in [1.29, 1.82) is 10.5 Å². The van der Waals surface area contributed by atoms with Gasteiger partial charge >= 0.3 is 6.09 Å². The van der Waals surface area contributed by atoms with Gasteiger partial charge in [0, 0.05) is 25.2 Å². The number of fused-ring (bicyclic) bond motifs is 1. The Bertz CT molecular complexity index is 1570. The Labute approximate surface area is 247 Å². The molecule has 15 heteroatoms. The van der Waals surface area contributed by atoms with E-state index in [9.17, 15) is 25.5 Å². The van der Waals surface area contributed by atoms with Gasteiger partial charge in [0.05, 0.1) is 45.9 Å². The van der Waals surface area contributed by atoms with Crippen LogP contribution >= 0.6 is 11.6 Å². The summed E-state index contributed by atoms with van der Waals surface area (Å²) in [6, 6.07) is 7.20. The number of nitriles is 2. The molecule has 1 saturated carbocycles. The van der Waals surface area contributed by atoms with E-state index in [0.717, 1.165) is 12.8 Å². The number of aromatic nitrogens is 4. The Morgan fingerprint density at radius 3 is 2.67 bits per heavy atom. The number of hydrogen-bond donors (Lipinski definition) is 6. The third-order valence-electron chi connectivity index (χ3n) is 7.23. The fourth-order valence-corrected chi connectivity index (χ4v) is 5.19. The molecule has 3 heterocycles. The Hall–Kier alpha value is -4.37. The molecule has 5 rings (SSSR count). The Balaban J connectivity index is 1.44. The lowest BCUT2D eigenvalue weighted by Gasteiger charge is -2.41. The van der Waals surface area contributed by atoms with Crippen LogP contribution in [0, 0.1) is 22.7 Å². The maximum Gasteiger partial charge on any atom is 0.404 e. The van der Waals surface area contributed by atoms with Crippen molar-refractivity contribution >= 4 is 46.5 Å². The highest BCUT2D eigenvalue weighted by atomic mass is 35.5. The highest BCUT2D eigenvalue weighted by Gasteiger charge is 2.32. The zero-order valence-electron chi connectivity index (χ0n) is 23.2. The average molecular weight is 594 g/mol. The Kier molecular flexibility index (Phi) is 8.22. The first kappa shape index (κ1) is 29.1. The highest BCUT2D eigenvalue weighted by molar-refractivity contribution is 6.36. The molecule has 1 aromatic carbocycles. The van der Waals surface area contributed by atoms with Crippen LogP contribution in [0.1, 0.15) is 50.8 Å². The molecule has 0 bridgehead atoms. The van der Waals surface area contributed by atoms with Gasteiger partial charge in [0.1, 0.15) is 6.07 Å². The number of piperidine rings is 1. The Morgan fingerprint density at radius 1 is 1.21 bits per heavy atom. The lowest BCUT2D eigenvalue weighted by atomic mass is 9.97. The molecule has 1 aliphatic carbocycles. The van der Waals surface area contributed by atoms with Crippen molar-refractivity contribution in [2.45, 2.75) is 63.3 Å². The van der Waals surface area contributed by atoms with E-state index < -0.39 is 11.7 Å². The van der Waals surface area contributed by atoms with Crippen molar-refractivity contribution in [3.05, 3.63) is 34.6 Å². The van der Waals surface area contributed by atoms with Crippen LogP contribution in [0.5, 0.6) is 0 Å². The quantitative estimate of drug-likeness (QED) is 0.201. The predicted molar refractivity (Wildman–Crippen MR) is 156 cm³/mol. The summed E-state index contributed by atoms with van der Waals surface area (Å²) in [5.74, 6) is 0.649. The first-order valence-electron chi connectivity index (χ1n) is 13.7. The van der Waals surface area contributed by atoms with Crippen molar-refractivity contribution in [2.24, 2.45) is 0 Å². The van der Waals surface area contributed by atoms with E-state index in [1.54, 1.807) is 26.0 Å². The normalized spacial score (nSPS) is 18.8. The lowest BCUT2D eigenvalue weighted by molar-refractivity contribution is 0.0696. The number of nitrogens with one attached hydrogen (secondary N) is 4. The van der Waals surface area contributed by atoms with E-state index in [2.05, 4.69) is 48.5 Å². The minimum absolute atomic E-state index is 0.165. The first-order chi connectivity index (χ1) is 20.0. The van der Waals surface area contributed by atoms with Gasteiger partial charge in [-0.1, -0.05) is 11.6 Å². The van der Waals surface area contributed by atoms with Gasteiger partial charge in [0.25, 0.3) is 0 Å². The van der Waals surface area contributed by atoms with Gasteiger partial charge in [0.2, 0.25) is 5.95 Å². The molecule has 14 nitrogen and oxygen atoms in total. The minimum atomic E-state index is -1.11. The van der Waals surface area contributed by atoms with Gasteiger partial charge in [-0.3, -0.25) is 0 Å². The molecule has 2 aliphatic rings. The molecule has 1 aliphatic heterocycles. The van der Waals surface area contributed by atoms with Crippen LogP contribution in [0.25, 0.3) is 5.65 Å². The van der Waals surface area contributed by atoms with Gasteiger partial charge in [0.15, 0.2) is 17.2 Å². The second-order valence-electron chi connectivity index (χ2n) is 11.2. The van der Waals surface area contributed by atoms with E-state index in [1.807, 2.05) is 4.90 Å². The van der Waals surface area contributed by atoms with Crippen molar-refractivity contribution in [3.8, 4) is 12.1 Å². The molecule has 1 saturated heterocycles. The maximum absolute atomic E-state index is 11.4. The second kappa shape index (κ2) is 11.9. The van der Waals surface area contributed by atoms with Crippen LogP contribution < -0.4 is 26.2 Å². The van der Waals surface area contributed by atoms with E-state index >= 15 is 0 Å². The molecule has 2 atom stereocenters. The summed E-state index contributed by atoms with van der Waals surface area (Å²) in [4.78, 5) is 22.3. The van der Waals surface area contributed by atoms with Crippen LogP contribution in [0.3, 0.4) is 0 Å². The summed E-state index contributed by atoms with van der Waals surface area (Å²) in [5, 5.41) is 56.0. The molecular formula is C27H32ClN11O3. The fraction of sp³-hybridized carbons (Fsp3) is 0.481. The molecule has 1 amide bonds. The number of hydrogen-bond acceptors (Lipinski definition) is 11. The topological polar surface area (TPSA) is 200 Å². The van der Waals surface area contributed by atoms with Crippen LogP contribution in [0.2, 0.25) is 5.02 Å². The minimum Gasteiger partial charge on any atom is -0.465 e. The number of anilines is 4. The SMILES string of the molecule is CC(C)(O)CCN[C@@H]1CN(c2cc(C#N)cc(Nc3nc(NC4CC4)c4ncc(C#N)n4n3)c2Cl)CC[C@@H]1NC(=O)O. The van der Waals surface area contributed by atoms with Crippen LogP contribution in [-0.2, 0) is 0 Å². The molecule has 220 valence electrons. The molecule has 0 radical (unpaired) electrons. The number of imidazole rings is 1. The molecule has 3 aromatic rings. The number of aliphatic hydroxyl groups is 1. The summed E-state index contributed by atoms with van der Waals surface area (Å²) in [6.45, 7) is 4.81. The third kappa shape index (κ3) is 6.74. The zero-order chi connectivity index (χ0) is 30.0. The number of nitrogens with zero attached hydrogens (tertiary/aromatic N) is 7. The largest absolute Gasteiger partial charge is 0.465 e. The number of halogens is 1. The summed E-state index contributed by atoms with van der Waals surface area (Å²) >= 11 is 6.92. The predicted octanol–water partition coefficient (Wildman–Crippen LogP) is 2.80. The number of carboxylic acid groups (broad SMARTS) is 1. The summed E-state index contributed by atoms with van der Waals surface area (Å²) in [5.41, 5.74) is 1.16. The van der Waals surface area contributed by atoms with E-state index in [-0.39, 0.29) is 29.8 Å². The van der Waals surface area contributed by atoms with Crippen molar-refractivity contribution in [2.75, 3.05) is 35.2 Å². The molecule has 2 aromatic heterocycles. The van der Waals surface area contributed by atoms with Gasteiger partial charge in [-0.15, -0.1) is 5.10 Å². The molecule has 42 heavy (non-hydrogen) atoms. The maximum atomic E-state index is 11.4. The van der Waals surface area contributed by atoms with Gasteiger partial charge in [-0.25, -0.2) is 9.78 Å². The molecular weight excluding hydrogens is 562 g/mol. The molecule has 0 unspecified atom stereocenters. The number of amides is 1. The van der Waals surface area contributed by atoms with E-state index in [0.29, 0.717) is 65.9 Å². The van der Waals surface area contributed by atoms with E-state index in [4.69, 9.17) is 11.6 Å². The summed E-state index contributed by atoms with van der Waals surface area (Å²) < 4.78 is 1.41. The van der Waals surface area contributed by atoms with Gasteiger partial charge < -0.3 is 36.4 Å². The van der Waals surface area contributed by atoms with E-state index in [1.165, 1.54) is 10.7 Å². The standard InChI is InChI=1S/C27H32ClN11O3/c1-27(2,42)6-7-31-20-14-38(8-5-18(20)35-26(40)41)21-10-15(11-29)9-19(22(21)28)34-25-36-23(33-16-3-4-16)24-32-13-17(12-30)39(24)37-25/h9-10,13,16,18,20,31,35,42H,3-8,14H2,1-2H3,(H,40,41)(H2,33,34,36,37)/t18-,20+/m0/s1. The number of carbonyl (C=O) groups is 1. The lowest BCUT2D eigenvalue weighted by Crippen LogP contribution is -2.60. The Morgan fingerprint density at radius 2 is 2.00 bits per heavy atom. The average Bonchev–Trinajstić information content (AvgIpc) is 3.65.